The van der Waals surface area contributed by atoms with Crippen LogP contribution in [-0.4, -0.2) is 35.9 Å². The van der Waals surface area contributed by atoms with Gasteiger partial charge < -0.3 is 15.4 Å². The van der Waals surface area contributed by atoms with Crippen LogP contribution in [0.25, 0.3) is 0 Å². The van der Waals surface area contributed by atoms with E-state index >= 15 is 0 Å². The number of aryl methyl sites for hydroxylation is 2. The molecule has 0 radical (unpaired) electrons. The molecular formula is C20H24N4O3. The monoisotopic (exact) mass is 368 g/mol. The van der Waals surface area contributed by atoms with Crippen molar-refractivity contribution in [2.45, 2.75) is 26.7 Å². The number of carbonyl (C=O) groups is 2. The standard InChI is InChI=1S/C11H14N2O2.C9H10N2O/c1-12-11(15)6-5-9-3-2-4-10(7-9)13-8-14;1-3-4-5-12-9-7-10-8(2)6-11-9/h2-4,7-8H,5-6H2,1H3,(H,12,15)(H,13,14);6-7H,5H2,1-2H3. The molecule has 2 rings (SSSR count). The van der Waals surface area contributed by atoms with Gasteiger partial charge >= 0.3 is 0 Å². The van der Waals surface area contributed by atoms with Crippen LogP contribution in [0.5, 0.6) is 5.88 Å². The molecule has 0 aliphatic heterocycles. The van der Waals surface area contributed by atoms with Gasteiger partial charge in [0, 0.05) is 19.2 Å². The molecule has 1 heterocycles. The highest BCUT2D eigenvalue weighted by Gasteiger charge is 2.00. The van der Waals surface area contributed by atoms with E-state index in [2.05, 4.69) is 32.4 Å². The molecule has 0 unspecified atom stereocenters. The van der Waals surface area contributed by atoms with Gasteiger partial charge in [-0.25, -0.2) is 4.98 Å². The first-order valence-corrected chi connectivity index (χ1v) is 8.39. The largest absolute Gasteiger partial charge is 0.463 e. The molecule has 2 N–H and O–H groups in total. The second kappa shape index (κ2) is 12.9. The maximum atomic E-state index is 11.0. The van der Waals surface area contributed by atoms with Crippen LogP contribution in [0, 0.1) is 18.8 Å². The molecule has 1 aromatic carbocycles. The molecule has 7 nitrogen and oxygen atoms in total. The summed E-state index contributed by atoms with van der Waals surface area (Å²) in [5.41, 5.74) is 2.66. The zero-order chi connectivity index (χ0) is 19.9. The van der Waals surface area contributed by atoms with Gasteiger partial charge in [0.15, 0.2) is 6.61 Å². The number of rotatable bonds is 7. The maximum Gasteiger partial charge on any atom is 0.233 e. The first-order valence-electron chi connectivity index (χ1n) is 8.39. The Labute approximate surface area is 159 Å². The average Bonchev–Trinajstić information content (AvgIpc) is 2.69. The lowest BCUT2D eigenvalue weighted by Crippen LogP contribution is -2.17. The number of carbonyl (C=O) groups excluding carboxylic acids is 2. The molecule has 0 saturated heterocycles. The zero-order valence-electron chi connectivity index (χ0n) is 15.8. The number of aromatic nitrogens is 2. The maximum absolute atomic E-state index is 11.0. The first kappa shape index (κ1) is 21.6. The van der Waals surface area contributed by atoms with Crippen molar-refractivity contribution in [3.05, 3.63) is 47.9 Å². The van der Waals surface area contributed by atoms with E-state index in [1.165, 1.54) is 0 Å². The summed E-state index contributed by atoms with van der Waals surface area (Å²) in [5.74, 6) is 6.03. The smallest absolute Gasteiger partial charge is 0.233 e. The Morgan fingerprint density at radius 2 is 2.11 bits per heavy atom. The first-order chi connectivity index (χ1) is 13.1. The molecule has 0 aliphatic rings. The highest BCUT2D eigenvalue weighted by Crippen LogP contribution is 2.11. The third kappa shape index (κ3) is 9.60. The van der Waals surface area contributed by atoms with Gasteiger partial charge in [-0.3, -0.25) is 14.6 Å². The summed E-state index contributed by atoms with van der Waals surface area (Å²) in [7, 11) is 1.62. The SMILES string of the molecule is CC#CCOc1cnc(C)cn1.CNC(=O)CCc1cccc(NC=O)c1. The predicted octanol–water partition coefficient (Wildman–Crippen LogP) is 2.12. The number of ether oxygens (including phenoxy) is 1. The van der Waals surface area contributed by atoms with Crippen LogP contribution in [0.2, 0.25) is 0 Å². The van der Waals surface area contributed by atoms with Crippen molar-refractivity contribution in [3.63, 3.8) is 0 Å². The average molecular weight is 368 g/mol. The third-order valence-electron chi connectivity index (χ3n) is 3.30. The minimum Gasteiger partial charge on any atom is -0.463 e. The minimum absolute atomic E-state index is 0.0174. The fraction of sp³-hybridized carbons (Fsp3) is 0.300. The van der Waals surface area contributed by atoms with Crippen molar-refractivity contribution in [3.8, 4) is 17.7 Å². The zero-order valence-corrected chi connectivity index (χ0v) is 15.8. The Hall–Kier alpha value is -3.40. The lowest BCUT2D eigenvalue weighted by atomic mass is 10.1. The molecule has 0 spiro atoms. The summed E-state index contributed by atoms with van der Waals surface area (Å²) in [5, 5.41) is 5.13. The van der Waals surface area contributed by atoms with Gasteiger partial charge in [0.2, 0.25) is 18.2 Å². The molecule has 2 aromatic rings. The molecule has 2 amide bonds. The molecule has 0 atom stereocenters. The summed E-state index contributed by atoms with van der Waals surface area (Å²) in [6.07, 6.45) is 5.02. The van der Waals surface area contributed by atoms with E-state index in [1.807, 2.05) is 25.1 Å². The molecule has 7 heteroatoms. The molecule has 1 aromatic heterocycles. The summed E-state index contributed by atoms with van der Waals surface area (Å²) in [6, 6.07) is 7.44. The Bertz CT molecular complexity index is 780. The quantitative estimate of drug-likeness (QED) is 0.577. The van der Waals surface area contributed by atoms with E-state index < -0.39 is 0 Å². The van der Waals surface area contributed by atoms with Crippen LogP contribution < -0.4 is 15.4 Å². The lowest BCUT2D eigenvalue weighted by molar-refractivity contribution is -0.120. The van der Waals surface area contributed by atoms with Gasteiger partial charge in [-0.05, 0) is 38.0 Å². The molecule has 0 saturated carbocycles. The molecule has 0 fully saturated rings. The second-order valence-corrected chi connectivity index (χ2v) is 5.35. The van der Waals surface area contributed by atoms with Crippen molar-refractivity contribution in [1.82, 2.24) is 15.3 Å². The Morgan fingerprint density at radius 3 is 2.74 bits per heavy atom. The summed E-state index contributed by atoms with van der Waals surface area (Å²) in [6.45, 7) is 4.01. The lowest BCUT2D eigenvalue weighted by Gasteiger charge is -2.03. The van der Waals surface area contributed by atoms with Gasteiger partial charge in [0.1, 0.15) is 0 Å². The Kier molecular flexibility index (Phi) is 10.3. The normalized spacial score (nSPS) is 9.00. The molecule has 27 heavy (non-hydrogen) atoms. The molecule has 142 valence electrons. The Balaban J connectivity index is 0.000000277. The van der Waals surface area contributed by atoms with Crippen LogP contribution in [0.4, 0.5) is 5.69 Å². The van der Waals surface area contributed by atoms with Crippen molar-refractivity contribution < 1.29 is 14.3 Å². The fourth-order valence-corrected chi connectivity index (χ4v) is 1.91. The van der Waals surface area contributed by atoms with Gasteiger partial charge in [-0.1, -0.05) is 18.1 Å². The van der Waals surface area contributed by atoms with Crippen LogP contribution in [0.15, 0.2) is 36.7 Å². The van der Waals surface area contributed by atoms with E-state index in [0.717, 1.165) is 16.9 Å². The van der Waals surface area contributed by atoms with Crippen molar-refractivity contribution >= 4 is 18.0 Å². The van der Waals surface area contributed by atoms with Crippen LogP contribution >= 0.6 is 0 Å². The van der Waals surface area contributed by atoms with Gasteiger partial charge in [0.05, 0.1) is 18.1 Å². The van der Waals surface area contributed by atoms with Crippen molar-refractivity contribution in [2.24, 2.45) is 0 Å². The van der Waals surface area contributed by atoms with E-state index in [9.17, 15) is 9.59 Å². The van der Waals surface area contributed by atoms with E-state index in [4.69, 9.17) is 4.74 Å². The van der Waals surface area contributed by atoms with Crippen molar-refractivity contribution in [2.75, 3.05) is 19.0 Å². The van der Waals surface area contributed by atoms with E-state index in [-0.39, 0.29) is 5.91 Å². The number of nitrogens with zero attached hydrogens (tertiary/aromatic N) is 2. The summed E-state index contributed by atoms with van der Waals surface area (Å²) < 4.78 is 5.15. The van der Waals surface area contributed by atoms with Crippen molar-refractivity contribution in [1.29, 1.82) is 0 Å². The topological polar surface area (TPSA) is 93.2 Å². The number of anilines is 1. The third-order valence-corrected chi connectivity index (χ3v) is 3.30. The van der Waals surface area contributed by atoms with Crippen LogP contribution in [0.3, 0.4) is 0 Å². The summed E-state index contributed by atoms with van der Waals surface area (Å²) in [4.78, 5) is 29.3. The van der Waals surface area contributed by atoms with E-state index in [1.54, 1.807) is 32.4 Å². The van der Waals surface area contributed by atoms with Crippen LogP contribution in [0.1, 0.15) is 24.6 Å². The predicted molar refractivity (Wildman–Crippen MR) is 104 cm³/mol. The molecular weight excluding hydrogens is 344 g/mol. The number of amides is 2. The molecule has 0 bridgehead atoms. The number of hydrogen-bond donors (Lipinski definition) is 2. The number of benzene rings is 1. The van der Waals surface area contributed by atoms with Gasteiger partial charge in [-0.2, -0.15) is 0 Å². The summed E-state index contributed by atoms with van der Waals surface area (Å²) >= 11 is 0. The number of hydrogen-bond acceptors (Lipinski definition) is 5. The minimum atomic E-state index is 0.0174. The fourth-order valence-electron chi connectivity index (χ4n) is 1.91. The molecule has 0 aliphatic carbocycles. The highest BCUT2D eigenvalue weighted by atomic mass is 16.5. The van der Waals surface area contributed by atoms with E-state index in [0.29, 0.717) is 31.7 Å². The van der Waals surface area contributed by atoms with Crippen LogP contribution in [-0.2, 0) is 16.0 Å². The highest BCUT2D eigenvalue weighted by molar-refractivity contribution is 5.76. The number of nitrogens with one attached hydrogen (secondary N) is 2. The van der Waals surface area contributed by atoms with Gasteiger partial charge in [-0.15, -0.1) is 5.92 Å². The Morgan fingerprint density at radius 1 is 1.30 bits per heavy atom. The second-order valence-electron chi connectivity index (χ2n) is 5.35. The van der Waals surface area contributed by atoms with Gasteiger partial charge in [0.25, 0.3) is 0 Å².